The SMILES string of the molecule is COCCO[C@H]1C(OP(SCCSC(=O)c2ccccc2)N2CCCC2)[C@@H](COC(c2ccccc2)(c2ccc(OC)cc2)c2ccc(OC)cc2)O[C@H]1n1cnc2c(=O)[nH]c(NC(=O)C(C)C)nc21. The van der Waals surface area contributed by atoms with Crippen LogP contribution in [0, 0.1) is 5.92 Å². The molecule has 0 spiro atoms. The van der Waals surface area contributed by atoms with E-state index in [0.717, 1.165) is 42.6 Å². The zero-order valence-electron chi connectivity index (χ0n) is 39.9. The molecule has 370 valence electrons. The van der Waals surface area contributed by atoms with Gasteiger partial charge in [0, 0.05) is 43.2 Å². The lowest BCUT2D eigenvalue weighted by atomic mass is 9.80. The van der Waals surface area contributed by atoms with Gasteiger partial charge in [-0.05, 0) is 53.8 Å². The van der Waals surface area contributed by atoms with E-state index in [-0.39, 0.29) is 53.9 Å². The molecule has 4 aromatic carbocycles. The molecule has 1 amide bonds. The molecule has 0 bridgehead atoms. The Morgan fingerprint density at radius 1 is 0.843 bits per heavy atom. The van der Waals surface area contributed by atoms with Crippen LogP contribution >= 0.6 is 30.6 Å². The molecule has 2 aliphatic heterocycles. The molecule has 0 aliphatic carbocycles. The number of aromatic nitrogens is 4. The van der Waals surface area contributed by atoms with Crippen molar-refractivity contribution in [2.45, 2.75) is 56.8 Å². The maximum absolute atomic E-state index is 13.5. The van der Waals surface area contributed by atoms with E-state index in [1.54, 1.807) is 51.1 Å². The number of hydrogen-bond donors (Lipinski definition) is 2. The van der Waals surface area contributed by atoms with Crippen molar-refractivity contribution in [1.29, 1.82) is 0 Å². The standard InChI is InChI=1S/C51H59N6O10PS2/c1-34(2)46(58)54-50-53-45-42(47(59)55-50)52-33-57(45)48-44(64-29-28-61-3)43(67-68(56-26-12-13-27-56)70-31-30-69-49(60)35-14-8-6-9-15-35)41(66-48)32-65-51(36-16-10-7-11-17-36,37-18-22-39(62-4)23-19-37)38-20-24-40(63-5)25-21-38/h6-11,14-25,33-34,41,43-44,48H,12-13,26-32H2,1-5H3,(H2,53,54,55,58,59)/t41-,43?,44+,48-,68?/m1/s1. The van der Waals surface area contributed by atoms with E-state index in [9.17, 15) is 14.4 Å². The number of benzene rings is 4. The zero-order chi connectivity index (χ0) is 49.0. The molecule has 4 heterocycles. The van der Waals surface area contributed by atoms with E-state index < -0.39 is 43.2 Å². The second kappa shape index (κ2) is 24.3. The minimum absolute atomic E-state index is 0.0101. The van der Waals surface area contributed by atoms with E-state index in [4.69, 9.17) is 37.9 Å². The van der Waals surface area contributed by atoms with Crippen molar-refractivity contribution >= 4 is 58.8 Å². The van der Waals surface area contributed by atoms with Gasteiger partial charge >= 0.3 is 0 Å². The van der Waals surface area contributed by atoms with Crippen LogP contribution in [0.15, 0.2) is 120 Å². The van der Waals surface area contributed by atoms with Crippen molar-refractivity contribution in [3.63, 3.8) is 0 Å². The predicted molar refractivity (Wildman–Crippen MR) is 274 cm³/mol. The first-order chi connectivity index (χ1) is 34.1. The number of thioether (sulfide) groups is 1. The number of H-pyrrole nitrogens is 1. The Kier molecular flexibility index (Phi) is 17.8. The predicted octanol–water partition coefficient (Wildman–Crippen LogP) is 8.68. The average Bonchev–Trinajstić information content (AvgIpc) is 4.16. The van der Waals surface area contributed by atoms with Crippen LogP contribution in [-0.2, 0) is 33.9 Å². The number of imidazole rings is 1. The Morgan fingerprint density at radius 3 is 2.09 bits per heavy atom. The van der Waals surface area contributed by atoms with Crippen LogP contribution in [0.5, 0.6) is 11.5 Å². The number of nitrogens with zero attached hydrogens (tertiary/aromatic N) is 4. The maximum Gasteiger partial charge on any atom is 0.280 e. The van der Waals surface area contributed by atoms with Gasteiger partial charge < -0.3 is 32.9 Å². The highest BCUT2D eigenvalue weighted by Crippen LogP contribution is 2.58. The number of carbonyl (C=O) groups is 2. The van der Waals surface area contributed by atoms with Gasteiger partial charge in [-0.25, -0.2) is 4.98 Å². The third-order valence-corrected chi connectivity index (χ3v) is 17.3. The number of hydrogen-bond acceptors (Lipinski definition) is 15. The first-order valence-electron chi connectivity index (χ1n) is 23.2. The Bertz CT molecular complexity index is 2640. The summed E-state index contributed by atoms with van der Waals surface area (Å²) in [6.45, 7) is 5.64. The number of methoxy groups -OCH3 is 3. The second-order valence-corrected chi connectivity index (χ2v) is 21.6. The van der Waals surface area contributed by atoms with Crippen LogP contribution < -0.4 is 20.3 Å². The van der Waals surface area contributed by atoms with Gasteiger partial charge in [0.1, 0.15) is 35.4 Å². The Labute approximate surface area is 417 Å². The van der Waals surface area contributed by atoms with E-state index in [0.29, 0.717) is 28.6 Å². The molecule has 16 nitrogen and oxygen atoms in total. The van der Waals surface area contributed by atoms with Gasteiger partial charge in [0.15, 0.2) is 24.9 Å². The van der Waals surface area contributed by atoms with Gasteiger partial charge in [-0.3, -0.25) is 33.9 Å². The minimum atomic E-state index is -1.34. The Balaban J connectivity index is 1.21. The topological polar surface area (TPSA) is 178 Å². The quantitative estimate of drug-likeness (QED) is 0.0354. The molecule has 0 radical (unpaired) electrons. The van der Waals surface area contributed by atoms with Gasteiger partial charge in [0.2, 0.25) is 17.0 Å². The second-order valence-electron chi connectivity index (χ2n) is 16.9. The van der Waals surface area contributed by atoms with Gasteiger partial charge in [0.25, 0.3) is 5.56 Å². The van der Waals surface area contributed by atoms with Crippen LogP contribution in [-0.4, -0.2) is 119 Å². The minimum Gasteiger partial charge on any atom is -0.497 e. The fourth-order valence-corrected chi connectivity index (χ4v) is 13.7. The third kappa shape index (κ3) is 11.8. The summed E-state index contributed by atoms with van der Waals surface area (Å²) >= 11 is 2.98. The van der Waals surface area contributed by atoms with Gasteiger partial charge in [-0.2, -0.15) is 4.98 Å². The number of ether oxygens (including phenoxy) is 6. The van der Waals surface area contributed by atoms with E-state index in [1.165, 1.54) is 18.1 Å². The van der Waals surface area contributed by atoms with Crippen LogP contribution in [0.3, 0.4) is 0 Å². The van der Waals surface area contributed by atoms with E-state index in [2.05, 4.69) is 20.0 Å². The monoisotopic (exact) mass is 1010 g/mol. The first-order valence-corrected chi connectivity index (χ1v) is 27.0. The molecule has 2 saturated heterocycles. The molecule has 6 aromatic rings. The molecule has 2 unspecified atom stereocenters. The number of fused-ring (bicyclic) bond motifs is 1. The summed E-state index contributed by atoms with van der Waals surface area (Å²) in [5.74, 6) is 1.90. The number of carbonyl (C=O) groups excluding carboxylic acids is 2. The number of aromatic amines is 1. The number of amides is 1. The summed E-state index contributed by atoms with van der Waals surface area (Å²) in [4.78, 5) is 51.3. The molecule has 2 aromatic heterocycles. The van der Waals surface area contributed by atoms with Gasteiger partial charge in [-0.15, -0.1) is 0 Å². The summed E-state index contributed by atoms with van der Waals surface area (Å²) in [6.07, 6.45) is 0.226. The van der Waals surface area contributed by atoms with Crippen molar-refractivity contribution in [3.05, 3.63) is 148 Å². The summed E-state index contributed by atoms with van der Waals surface area (Å²) in [7, 11) is 3.53. The average molecular weight is 1010 g/mol. The lowest BCUT2D eigenvalue weighted by Crippen LogP contribution is -2.41. The Morgan fingerprint density at radius 2 is 1.47 bits per heavy atom. The number of nitrogens with one attached hydrogen (secondary N) is 2. The van der Waals surface area contributed by atoms with Crippen LogP contribution in [0.2, 0.25) is 0 Å². The van der Waals surface area contributed by atoms with Crippen molar-refractivity contribution in [2.75, 3.05) is 71.1 Å². The van der Waals surface area contributed by atoms with E-state index >= 15 is 0 Å². The van der Waals surface area contributed by atoms with Crippen molar-refractivity contribution < 1.29 is 42.5 Å². The molecule has 8 rings (SSSR count). The summed E-state index contributed by atoms with van der Waals surface area (Å²) in [5.41, 5.74) is 1.70. The van der Waals surface area contributed by atoms with Crippen LogP contribution in [0.1, 0.15) is 60.0 Å². The highest BCUT2D eigenvalue weighted by atomic mass is 32.7. The van der Waals surface area contributed by atoms with Crippen LogP contribution in [0.25, 0.3) is 11.2 Å². The molecule has 0 saturated carbocycles. The lowest BCUT2D eigenvalue weighted by Gasteiger charge is -2.38. The first kappa shape index (κ1) is 51.2. The fourth-order valence-electron chi connectivity index (χ4n) is 8.41. The number of anilines is 1. The highest BCUT2D eigenvalue weighted by Gasteiger charge is 2.51. The van der Waals surface area contributed by atoms with Crippen molar-refractivity contribution in [2.24, 2.45) is 5.92 Å². The molecular weight excluding hydrogens is 952 g/mol. The molecule has 70 heavy (non-hydrogen) atoms. The smallest absolute Gasteiger partial charge is 0.280 e. The van der Waals surface area contributed by atoms with Gasteiger partial charge in [0.05, 0.1) is 40.4 Å². The maximum atomic E-state index is 13.5. The van der Waals surface area contributed by atoms with Crippen molar-refractivity contribution in [3.8, 4) is 11.5 Å². The summed E-state index contributed by atoms with van der Waals surface area (Å²) < 4.78 is 49.6. The summed E-state index contributed by atoms with van der Waals surface area (Å²) in [6, 6.07) is 35.0. The molecular formula is C51H59N6O10PS2. The zero-order valence-corrected chi connectivity index (χ0v) is 42.4. The molecule has 5 atom stereocenters. The fraction of sp³-hybridized carbons (Fsp3) is 0.392. The summed E-state index contributed by atoms with van der Waals surface area (Å²) in [5, 5.41) is 2.74. The largest absolute Gasteiger partial charge is 0.497 e. The van der Waals surface area contributed by atoms with Gasteiger partial charge in [-0.1, -0.05) is 122 Å². The molecule has 2 N–H and O–H groups in total. The third-order valence-electron chi connectivity index (χ3n) is 12.0. The van der Waals surface area contributed by atoms with Crippen molar-refractivity contribution in [1.82, 2.24) is 24.2 Å². The van der Waals surface area contributed by atoms with E-state index in [1.807, 2.05) is 109 Å². The Hall–Kier alpha value is -5.14. The molecule has 19 heteroatoms. The molecule has 2 aliphatic rings. The normalized spacial score (nSPS) is 18.9. The lowest BCUT2D eigenvalue weighted by molar-refractivity contribution is -0.118. The molecule has 2 fully saturated rings. The number of rotatable bonds is 23. The highest BCUT2D eigenvalue weighted by molar-refractivity contribution is 8.53. The van der Waals surface area contributed by atoms with Crippen LogP contribution in [0.4, 0.5) is 5.95 Å².